The lowest BCUT2D eigenvalue weighted by Gasteiger charge is -2.20. The third-order valence-corrected chi connectivity index (χ3v) is 4.40. The molecule has 1 N–H and O–H groups in total. The Labute approximate surface area is 169 Å². The first-order chi connectivity index (χ1) is 13.6. The Hall–Kier alpha value is -3.12. The Morgan fingerprint density at radius 3 is 2.68 bits per heavy atom. The van der Waals surface area contributed by atoms with Crippen molar-refractivity contribution in [2.45, 2.75) is 13.5 Å². The molecule has 0 bridgehead atoms. The van der Waals surface area contributed by atoms with Crippen LogP contribution in [0.5, 0.6) is 5.75 Å². The molecule has 0 aliphatic rings. The van der Waals surface area contributed by atoms with Gasteiger partial charge in [0.25, 0.3) is 5.91 Å². The van der Waals surface area contributed by atoms with Gasteiger partial charge in [0.05, 0.1) is 12.8 Å². The van der Waals surface area contributed by atoms with Gasteiger partial charge in [-0.1, -0.05) is 41.9 Å². The summed E-state index contributed by atoms with van der Waals surface area (Å²) in [5.74, 6) is 0.737. The fraction of sp³-hybridized carbons (Fsp3) is 0.190. The number of benzene rings is 2. The summed E-state index contributed by atoms with van der Waals surface area (Å²) >= 11 is 6.06. The molecule has 0 unspecified atom stereocenters. The second-order valence-electron chi connectivity index (χ2n) is 6.04. The number of rotatable bonds is 7. The number of hydrogen-bond donors (Lipinski definition) is 1. The summed E-state index contributed by atoms with van der Waals surface area (Å²) in [6.07, 6.45) is 1.55. The van der Waals surface area contributed by atoms with Gasteiger partial charge in [-0.05, 0) is 36.8 Å². The Balaban J connectivity index is 1.80. The van der Waals surface area contributed by atoms with Gasteiger partial charge in [0.2, 0.25) is 5.95 Å². The molecule has 1 aromatic heterocycles. The molecule has 2 aromatic carbocycles. The summed E-state index contributed by atoms with van der Waals surface area (Å²) in [6, 6.07) is 16.7. The third kappa shape index (κ3) is 4.78. The van der Waals surface area contributed by atoms with E-state index in [9.17, 15) is 4.79 Å². The number of amides is 1. The summed E-state index contributed by atoms with van der Waals surface area (Å²) < 4.78 is 5.32. The van der Waals surface area contributed by atoms with Crippen LogP contribution in [0.3, 0.4) is 0 Å². The summed E-state index contributed by atoms with van der Waals surface area (Å²) in [6.45, 7) is 3.03. The van der Waals surface area contributed by atoms with E-state index in [1.807, 2.05) is 37.3 Å². The first kappa shape index (κ1) is 19.6. The quantitative estimate of drug-likeness (QED) is 0.634. The van der Waals surface area contributed by atoms with E-state index in [0.717, 1.165) is 5.56 Å². The van der Waals surface area contributed by atoms with Gasteiger partial charge in [-0.25, -0.2) is 9.97 Å². The molecule has 1 amide bonds. The highest BCUT2D eigenvalue weighted by molar-refractivity contribution is 6.31. The number of aromatic nitrogens is 2. The molecule has 28 heavy (non-hydrogen) atoms. The van der Waals surface area contributed by atoms with Crippen molar-refractivity contribution in [2.24, 2.45) is 0 Å². The lowest BCUT2D eigenvalue weighted by molar-refractivity contribution is 0.0746. The highest BCUT2D eigenvalue weighted by atomic mass is 35.5. The van der Waals surface area contributed by atoms with Crippen LogP contribution in [0, 0.1) is 0 Å². The minimum Gasteiger partial charge on any atom is -0.495 e. The maximum atomic E-state index is 12.9. The average Bonchev–Trinajstić information content (AvgIpc) is 2.72. The minimum absolute atomic E-state index is 0.158. The predicted molar refractivity (Wildman–Crippen MR) is 110 cm³/mol. The molecule has 3 aromatic rings. The molecule has 0 fully saturated rings. The number of halogens is 1. The van der Waals surface area contributed by atoms with Gasteiger partial charge in [0.15, 0.2) is 0 Å². The molecule has 3 rings (SSSR count). The smallest absolute Gasteiger partial charge is 0.272 e. The molecule has 1 heterocycles. The van der Waals surface area contributed by atoms with Crippen LogP contribution in [-0.4, -0.2) is 34.4 Å². The molecule has 7 heteroatoms. The van der Waals surface area contributed by atoms with E-state index in [2.05, 4.69) is 15.3 Å². The summed E-state index contributed by atoms with van der Waals surface area (Å²) in [5, 5.41) is 3.62. The number of hydrogen-bond acceptors (Lipinski definition) is 5. The standard InChI is InChI=1S/C21H21ClN4O2/c1-3-26(14-15-7-5-4-6-8-15)20(27)17-11-12-23-21(24-17)25-18-13-16(22)9-10-19(18)28-2/h4-13H,3,14H2,1-2H3,(H,23,24,25). The second-order valence-corrected chi connectivity index (χ2v) is 6.48. The van der Waals surface area contributed by atoms with Crippen LogP contribution in [0.1, 0.15) is 23.0 Å². The van der Waals surface area contributed by atoms with Crippen LogP contribution in [-0.2, 0) is 6.54 Å². The number of carbonyl (C=O) groups excluding carboxylic acids is 1. The van der Waals surface area contributed by atoms with E-state index in [1.54, 1.807) is 42.5 Å². The molecular formula is C21H21ClN4O2. The van der Waals surface area contributed by atoms with Crippen molar-refractivity contribution in [2.75, 3.05) is 19.0 Å². The zero-order valence-corrected chi connectivity index (χ0v) is 16.5. The van der Waals surface area contributed by atoms with E-state index >= 15 is 0 Å². The third-order valence-electron chi connectivity index (χ3n) is 4.17. The SMILES string of the molecule is CCN(Cc1ccccc1)C(=O)c1ccnc(Nc2cc(Cl)ccc2OC)n1. The van der Waals surface area contributed by atoms with Crippen molar-refractivity contribution in [1.29, 1.82) is 0 Å². The first-order valence-corrected chi connectivity index (χ1v) is 9.25. The zero-order valence-electron chi connectivity index (χ0n) is 15.7. The Morgan fingerprint density at radius 2 is 1.96 bits per heavy atom. The largest absolute Gasteiger partial charge is 0.495 e. The fourth-order valence-corrected chi connectivity index (χ4v) is 2.90. The molecule has 0 spiro atoms. The monoisotopic (exact) mass is 396 g/mol. The van der Waals surface area contributed by atoms with Crippen molar-refractivity contribution >= 4 is 29.1 Å². The lowest BCUT2D eigenvalue weighted by Crippen LogP contribution is -2.31. The molecule has 6 nitrogen and oxygen atoms in total. The number of carbonyl (C=O) groups is 1. The van der Waals surface area contributed by atoms with Crippen molar-refractivity contribution in [1.82, 2.24) is 14.9 Å². The Bertz CT molecular complexity index is 950. The molecule has 0 atom stereocenters. The minimum atomic E-state index is -0.158. The normalized spacial score (nSPS) is 10.4. The van der Waals surface area contributed by atoms with Gasteiger partial charge in [-0.3, -0.25) is 4.79 Å². The number of methoxy groups -OCH3 is 1. The van der Waals surface area contributed by atoms with E-state index in [-0.39, 0.29) is 5.91 Å². The molecule has 0 aliphatic heterocycles. The number of nitrogens with one attached hydrogen (secondary N) is 1. The lowest BCUT2D eigenvalue weighted by atomic mass is 10.2. The molecule has 0 saturated heterocycles. The Morgan fingerprint density at radius 1 is 1.18 bits per heavy atom. The fourth-order valence-electron chi connectivity index (χ4n) is 2.73. The maximum absolute atomic E-state index is 12.9. The van der Waals surface area contributed by atoms with Crippen LogP contribution in [0.25, 0.3) is 0 Å². The van der Waals surface area contributed by atoms with Crippen molar-refractivity contribution in [3.8, 4) is 5.75 Å². The van der Waals surface area contributed by atoms with Crippen LogP contribution < -0.4 is 10.1 Å². The first-order valence-electron chi connectivity index (χ1n) is 8.87. The molecule has 0 saturated carbocycles. The topological polar surface area (TPSA) is 67.4 Å². The van der Waals surface area contributed by atoms with Crippen LogP contribution in [0.2, 0.25) is 5.02 Å². The highest BCUT2D eigenvalue weighted by Gasteiger charge is 2.17. The van der Waals surface area contributed by atoms with E-state index in [1.165, 1.54) is 0 Å². The van der Waals surface area contributed by atoms with Gasteiger partial charge in [0.1, 0.15) is 11.4 Å². The van der Waals surface area contributed by atoms with Gasteiger partial charge < -0.3 is 15.0 Å². The zero-order chi connectivity index (χ0) is 19.9. The number of nitrogens with zero attached hydrogens (tertiary/aromatic N) is 3. The van der Waals surface area contributed by atoms with Gasteiger partial charge in [-0.15, -0.1) is 0 Å². The molecular weight excluding hydrogens is 376 g/mol. The summed E-state index contributed by atoms with van der Waals surface area (Å²) in [4.78, 5) is 23.2. The molecule has 0 aliphatic carbocycles. The summed E-state index contributed by atoms with van der Waals surface area (Å²) in [5.41, 5.74) is 2.00. The summed E-state index contributed by atoms with van der Waals surface area (Å²) in [7, 11) is 1.57. The maximum Gasteiger partial charge on any atom is 0.272 e. The predicted octanol–water partition coefficient (Wildman–Crippen LogP) is 4.54. The van der Waals surface area contributed by atoms with Gasteiger partial charge in [0, 0.05) is 24.3 Å². The van der Waals surface area contributed by atoms with Crippen LogP contribution in [0.4, 0.5) is 11.6 Å². The van der Waals surface area contributed by atoms with Crippen molar-refractivity contribution < 1.29 is 9.53 Å². The van der Waals surface area contributed by atoms with Gasteiger partial charge in [-0.2, -0.15) is 0 Å². The van der Waals surface area contributed by atoms with Crippen molar-refractivity contribution in [3.63, 3.8) is 0 Å². The average molecular weight is 397 g/mol. The molecule has 0 radical (unpaired) electrons. The van der Waals surface area contributed by atoms with Crippen LogP contribution >= 0.6 is 11.6 Å². The second kappa shape index (κ2) is 9.19. The molecule has 144 valence electrons. The van der Waals surface area contributed by atoms with E-state index in [0.29, 0.717) is 41.2 Å². The van der Waals surface area contributed by atoms with Crippen LogP contribution in [0.15, 0.2) is 60.8 Å². The van der Waals surface area contributed by atoms with Gasteiger partial charge >= 0.3 is 0 Å². The van der Waals surface area contributed by atoms with Crippen molar-refractivity contribution in [3.05, 3.63) is 77.1 Å². The highest BCUT2D eigenvalue weighted by Crippen LogP contribution is 2.29. The Kier molecular flexibility index (Phi) is 6.45. The van der Waals surface area contributed by atoms with E-state index < -0.39 is 0 Å². The van der Waals surface area contributed by atoms with E-state index in [4.69, 9.17) is 16.3 Å². The number of ether oxygens (including phenoxy) is 1. The number of anilines is 2.